The van der Waals surface area contributed by atoms with Crippen LogP contribution in [0, 0.1) is 28.9 Å². The third-order valence-electron chi connectivity index (χ3n) is 6.81. The molecule has 0 aliphatic carbocycles. The molecule has 4 atom stereocenters. The predicted molar refractivity (Wildman–Crippen MR) is 118 cm³/mol. The van der Waals surface area contributed by atoms with Crippen LogP contribution in [-0.4, -0.2) is 40.6 Å². The molecule has 0 bridgehead atoms. The number of methoxy groups -OCH3 is 1. The number of rotatable bonds is 4. The van der Waals surface area contributed by atoms with Crippen LogP contribution in [0.5, 0.6) is 5.75 Å². The fraction of sp³-hybridized carbons (Fsp3) is 0.292. The fourth-order valence-corrected chi connectivity index (χ4v) is 5.47. The van der Waals surface area contributed by atoms with E-state index in [1.165, 1.54) is 26.2 Å². The van der Waals surface area contributed by atoms with Gasteiger partial charge < -0.3 is 9.64 Å². The van der Waals surface area contributed by atoms with E-state index in [4.69, 9.17) is 4.74 Å². The topological polar surface area (TPSA) is 110 Å². The Hall–Kier alpha value is -4.01. The highest BCUT2D eigenvalue weighted by atomic mass is 16.6. The zero-order valence-electron chi connectivity index (χ0n) is 18.2. The quantitative estimate of drug-likeness (QED) is 0.402. The van der Waals surface area contributed by atoms with Crippen LogP contribution in [-0.2, 0) is 14.4 Å². The van der Waals surface area contributed by atoms with Gasteiger partial charge in [0, 0.05) is 18.3 Å². The van der Waals surface area contributed by atoms with Crippen molar-refractivity contribution in [3.8, 4) is 5.75 Å². The monoisotopic (exact) mass is 447 g/mol. The molecule has 33 heavy (non-hydrogen) atoms. The van der Waals surface area contributed by atoms with Crippen molar-refractivity contribution in [2.75, 3.05) is 12.0 Å². The van der Waals surface area contributed by atoms with E-state index in [-0.39, 0.29) is 22.9 Å². The molecule has 0 saturated carbocycles. The van der Waals surface area contributed by atoms with Crippen LogP contribution in [0.1, 0.15) is 29.7 Å². The predicted octanol–water partition coefficient (Wildman–Crippen LogP) is 3.02. The van der Waals surface area contributed by atoms with E-state index in [1.54, 1.807) is 13.1 Å². The number of benzene rings is 2. The minimum atomic E-state index is -0.851. The molecule has 2 aromatic carbocycles. The van der Waals surface area contributed by atoms with Crippen LogP contribution in [0.3, 0.4) is 0 Å². The minimum absolute atomic E-state index is 0.0473. The number of carbonyl (C=O) groups excluding carboxylic acids is 3. The summed E-state index contributed by atoms with van der Waals surface area (Å²) in [6.07, 6.45) is 3.68. The number of ether oxygens (including phenoxy) is 1. The third-order valence-corrected chi connectivity index (χ3v) is 6.81. The normalized spacial score (nSPS) is 25.1. The number of nitro benzene ring substituents is 1. The van der Waals surface area contributed by atoms with Crippen molar-refractivity contribution in [3.05, 3.63) is 69.4 Å². The first-order valence-corrected chi connectivity index (χ1v) is 10.5. The molecule has 3 aliphatic heterocycles. The van der Waals surface area contributed by atoms with E-state index >= 15 is 0 Å². The summed E-state index contributed by atoms with van der Waals surface area (Å²) < 4.78 is 5.16. The largest absolute Gasteiger partial charge is 0.490 e. The van der Waals surface area contributed by atoms with Gasteiger partial charge in [-0.05, 0) is 36.6 Å². The summed E-state index contributed by atoms with van der Waals surface area (Å²) in [6.45, 7) is 3.03. The first kappa shape index (κ1) is 20.9. The number of ketones is 1. The Kier molecular flexibility index (Phi) is 4.59. The zero-order chi connectivity index (χ0) is 23.6. The van der Waals surface area contributed by atoms with E-state index in [1.807, 2.05) is 35.2 Å². The molecule has 3 aliphatic rings. The highest BCUT2D eigenvalue weighted by Crippen LogP contribution is 2.53. The maximum Gasteiger partial charge on any atom is 0.311 e. The Bertz CT molecular complexity index is 1270. The van der Waals surface area contributed by atoms with Crippen molar-refractivity contribution in [2.24, 2.45) is 11.8 Å². The van der Waals surface area contributed by atoms with Crippen LogP contribution in [0.4, 0.5) is 11.4 Å². The number of aryl methyl sites for hydroxylation is 1. The average molecular weight is 447 g/mol. The van der Waals surface area contributed by atoms with Crippen molar-refractivity contribution in [1.29, 1.82) is 0 Å². The lowest BCUT2D eigenvalue weighted by molar-refractivity contribution is -0.385. The highest BCUT2D eigenvalue weighted by Gasteiger charge is 2.64. The molecule has 2 saturated heterocycles. The summed E-state index contributed by atoms with van der Waals surface area (Å²) in [5.74, 6) is -2.75. The lowest BCUT2D eigenvalue weighted by atomic mass is 9.84. The van der Waals surface area contributed by atoms with E-state index in [0.717, 1.165) is 16.0 Å². The number of anilines is 1. The van der Waals surface area contributed by atoms with Crippen LogP contribution >= 0.6 is 0 Å². The summed E-state index contributed by atoms with van der Waals surface area (Å²) in [4.78, 5) is 53.8. The van der Waals surface area contributed by atoms with Crippen molar-refractivity contribution in [3.63, 3.8) is 0 Å². The minimum Gasteiger partial charge on any atom is -0.490 e. The number of amides is 2. The molecule has 0 aromatic heterocycles. The number of carbonyl (C=O) groups is 3. The molecular weight excluding hydrogens is 426 g/mol. The van der Waals surface area contributed by atoms with Gasteiger partial charge in [-0.3, -0.25) is 24.5 Å². The smallest absolute Gasteiger partial charge is 0.311 e. The molecule has 5 rings (SSSR count). The highest BCUT2D eigenvalue weighted by molar-refractivity contribution is 6.24. The number of hydrogen-bond acceptors (Lipinski definition) is 7. The summed E-state index contributed by atoms with van der Waals surface area (Å²) >= 11 is 0. The van der Waals surface area contributed by atoms with Crippen molar-refractivity contribution in [2.45, 2.75) is 25.9 Å². The van der Waals surface area contributed by atoms with Crippen molar-refractivity contribution < 1.29 is 24.0 Å². The molecular formula is C24H21N3O6. The summed E-state index contributed by atoms with van der Waals surface area (Å²) in [5.41, 5.74) is 2.20. The molecule has 0 N–H and O–H groups in total. The van der Waals surface area contributed by atoms with E-state index in [9.17, 15) is 24.5 Å². The van der Waals surface area contributed by atoms with Crippen LogP contribution in [0.15, 0.2) is 42.6 Å². The SMILES string of the molecule is COc1cc(N2C(=O)[C@@H]3[C@@H](C2=O)[C@H]2c4ccccc4C=CN2[C@@H]3C(C)=O)c(C)cc1[N+](=O)[O-]. The van der Waals surface area contributed by atoms with Gasteiger partial charge in [0.25, 0.3) is 0 Å². The van der Waals surface area contributed by atoms with Crippen molar-refractivity contribution in [1.82, 2.24) is 4.90 Å². The standard InChI is InChI=1S/C24H21N3O6/c1-12-10-17(27(31)32)18(33-3)11-16(12)26-23(29)19-20(24(26)30)22-15-7-5-4-6-14(15)8-9-25(22)21(19)13(2)28/h4-11,19-22H,1-3H3/t19-,20-,21-,22-/m1/s1. The Morgan fingerprint density at radius 2 is 1.82 bits per heavy atom. The number of nitrogens with zero attached hydrogens (tertiary/aromatic N) is 3. The van der Waals surface area contributed by atoms with Gasteiger partial charge in [0.05, 0.1) is 41.6 Å². The summed E-state index contributed by atoms with van der Waals surface area (Å²) in [7, 11) is 1.29. The molecule has 2 aromatic rings. The molecule has 168 valence electrons. The molecule has 9 nitrogen and oxygen atoms in total. The Balaban J connectivity index is 1.65. The maximum absolute atomic E-state index is 13.8. The van der Waals surface area contributed by atoms with Gasteiger partial charge in [0.15, 0.2) is 11.5 Å². The molecule has 0 unspecified atom stereocenters. The van der Waals surface area contributed by atoms with Gasteiger partial charge in [-0.15, -0.1) is 0 Å². The maximum atomic E-state index is 13.8. The van der Waals surface area contributed by atoms with Gasteiger partial charge in [-0.2, -0.15) is 0 Å². The zero-order valence-corrected chi connectivity index (χ0v) is 18.2. The van der Waals surface area contributed by atoms with Crippen LogP contribution < -0.4 is 9.64 Å². The number of imide groups is 1. The number of hydrogen-bond donors (Lipinski definition) is 0. The first-order valence-electron chi connectivity index (χ1n) is 10.5. The molecule has 3 heterocycles. The average Bonchev–Trinajstić information content (AvgIpc) is 3.26. The van der Waals surface area contributed by atoms with Gasteiger partial charge >= 0.3 is 5.69 Å². The van der Waals surface area contributed by atoms with Gasteiger partial charge in [-0.1, -0.05) is 24.3 Å². The Morgan fingerprint density at radius 1 is 1.12 bits per heavy atom. The van der Waals surface area contributed by atoms with E-state index < -0.39 is 40.7 Å². The van der Waals surface area contributed by atoms with Crippen LogP contribution in [0.2, 0.25) is 0 Å². The fourth-order valence-electron chi connectivity index (χ4n) is 5.47. The summed E-state index contributed by atoms with van der Waals surface area (Å²) in [6, 6.07) is 9.03. The Morgan fingerprint density at radius 3 is 2.48 bits per heavy atom. The van der Waals surface area contributed by atoms with Gasteiger partial charge in [-0.25, -0.2) is 4.90 Å². The second kappa shape index (κ2) is 7.26. The third kappa shape index (κ3) is 2.81. The molecule has 2 amide bonds. The summed E-state index contributed by atoms with van der Waals surface area (Å²) in [5, 5.41) is 11.4. The van der Waals surface area contributed by atoms with Gasteiger partial charge in [0.1, 0.15) is 0 Å². The van der Waals surface area contributed by atoms with E-state index in [0.29, 0.717) is 5.56 Å². The number of nitro groups is 1. The second-order valence-electron chi connectivity index (χ2n) is 8.52. The Labute approximate surface area is 189 Å². The molecule has 0 spiro atoms. The van der Waals surface area contributed by atoms with E-state index in [2.05, 4.69) is 0 Å². The van der Waals surface area contributed by atoms with Crippen molar-refractivity contribution >= 4 is 35.0 Å². The second-order valence-corrected chi connectivity index (χ2v) is 8.52. The number of Topliss-reactive ketones (excluding diaryl/α,β-unsaturated/α-hetero) is 1. The first-order chi connectivity index (χ1) is 15.8. The molecule has 9 heteroatoms. The molecule has 2 fully saturated rings. The lowest BCUT2D eigenvalue weighted by Gasteiger charge is -2.35. The molecule has 0 radical (unpaired) electrons. The van der Waals surface area contributed by atoms with Crippen LogP contribution in [0.25, 0.3) is 6.08 Å². The van der Waals surface area contributed by atoms with Gasteiger partial charge in [0.2, 0.25) is 11.8 Å². The number of fused-ring (bicyclic) bond motifs is 5. The lowest BCUT2D eigenvalue weighted by Crippen LogP contribution is -2.43.